The van der Waals surface area contributed by atoms with Gasteiger partial charge in [0.25, 0.3) is 0 Å². The number of carboxylic acid groups (broad SMARTS) is 1. The average molecular weight is 480 g/mol. The van der Waals surface area contributed by atoms with E-state index in [2.05, 4.69) is 10.6 Å². The fourth-order valence-electron chi connectivity index (χ4n) is 4.20. The number of aromatic carboxylic acids is 1. The summed E-state index contributed by atoms with van der Waals surface area (Å²) in [6.07, 6.45) is -0.690. The van der Waals surface area contributed by atoms with Gasteiger partial charge < -0.3 is 20.5 Å². The van der Waals surface area contributed by atoms with E-state index in [1.54, 1.807) is 6.92 Å². The molecule has 35 heavy (non-hydrogen) atoms. The second-order valence-electron chi connectivity index (χ2n) is 8.01. The topological polar surface area (TPSA) is 105 Å². The van der Waals surface area contributed by atoms with E-state index in [9.17, 15) is 23.2 Å². The van der Waals surface area contributed by atoms with Gasteiger partial charge in [0.1, 0.15) is 24.0 Å². The molecule has 7 nitrogen and oxygen atoms in total. The number of alkyl carbamates (subject to hydrolysis) is 1. The van der Waals surface area contributed by atoms with Crippen molar-refractivity contribution in [1.29, 1.82) is 0 Å². The van der Waals surface area contributed by atoms with Crippen LogP contribution in [0.3, 0.4) is 0 Å². The van der Waals surface area contributed by atoms with Gasteiger partial charge in [-0.1, -0.05) is 55.5 Å². The summed E-state index contributed by atoms with van der Waals surface area (Å²) in [5.41, 5.74) is 2.52. The Kier molecular flexibility index (Phi) is 6.77. The van der Waals surface area contributed by atoms with Crippen molar-refractivity contribution in [3.05, 3.63) is 89.0 Å². The highest BCUT2D eigenvalue weighted by molar-refractivity contribution is 5.98. The molecule has 4 rings (SSSR count). The molecule has 0 saturated carbocycles. The maximum atomic E-state index is 14.4. The Labute approximate surface area is 199 Å². The number of carbonyl (C=O) groups excluding carboxylic acids is 2. The van der Waals surface area contributed by atoms with Gasteiger partial charge in [0, 0.05) is 5.92 Å². The van der Waals surface area contributed by atoms with Gasteiger partial charge in [-0.25, -0.2) is 18.4 Å². The highest BCUT2D eigenvalue weighted by Gasteiger charge is 2.30. The number of ether oxygens (including phenoxy) is 1. The van der Waals surface area contributed by atoms with Gasteiger partial charge >= 0.3 is 12.1 Å². The third-order valence-electron chi connectivity index (χ3n) is 5.92. The number of carbonyl (C=O) groups is 3. The maximum absolute atomic E-state index is 14.4. The van der Waals surface area contributed by atoms with Crippen LogP contribution in [0, 0.1) is 11.6 Å². The van der Waals surface area contributed by atoms with Crippen molar-refractivity contribution < 1.29 is 33.0 Å². The molecular weight excluding hydrogens is 458 g/mol. The maximum Gasteiger partial charge on any atom is 0.407 e. The molecule has 0 fully saturated rings. The van der Waals surface area contributed by atoms with Crippen LogP contribution in [-0.2, 0) is 9.53 Å². The molecule has 0 unspecified atom stereocenters. The number of rotatable bonds is 7. The number of anilines is 1. The Bertz CT molecular complexity index is 1270. The molecule has 2 amide bonds. The molecule has 1 aliphatic carbocycles. The predicted molar refractivity (Wildman–Crippen MR) is 124 cm³/mol. The van der Waals surface area contributed by atoms with Crippen LogP contribution in [0.1, 0.15) is 40.7 Å². The molecule has 0 radical (unpaired) electrons. The van der Waals surface area contributed by atoms with E-state index >= 15 is 0 Å². The van der Waals surface area contributed by atoms with Crippen LogP contribution in [0.25, 0.3) is 11.1 Å². The lowest BCUT2D eigenvalue weighted by Crippen LogP contribution is -2.44. The van der Waals surface area contributed by atoms with Crippen molar-refractivity contribution in [1.82, 2.24) is 5.32 Å². The standard InChI is InChI=1S/C26H22F2N2O5/c1-2-20(24(31)29-21-12-11-19(27)22(23(21)28)25(32)33)30-26(34)35-13-18-16-9-5-3-7-14(16)15-8-4-6-10-17(15)18/h3-12,18,20H,2,13H2,1H3,(H,29,31)(H,30,34)(H,32,33)/t20-/m1/s1. The van der Waals surface area contributed by atoms with Crippen LogP contribution in [0.2, 0.25) is 0 Å². The normalized spacial score (nSPS) is 12.9. The van der Waals surface area contributed by atoms with Crippen LogP contribution >= 0.6 is 0 Å². The molecule has 0 aliphatic heterocycles. The Hall–Kier alpha value is -4.27. The van der Waals surface area contributed by atoms with Crippen molar-refractivity contribution >= 4 is 23.7 Å². The zero-order valence-electron chi connectivity index (χ0n) is 18.7. The van der Waals surface area contributed by atoms with E-state index in [1.807, 2.05) is 48.5 Å². The van der Waals surface area contributed by atoms with Crippen LogP contribution in [0.4, 0.5) is 19.3 Å². The summed E-state index contributed by atoms with van der Waals surface area (Å²) < 4.78 is 33.4. The van der Waals surface area contributed by atoms with Crippen molar-refractivity contribution in [3.8, 4) is 11.1 Å². The number of halogens is 2. The van der Waals surface area contributed by atoms with Gasteiger partial charge in [-0.2, -0.15) is 0 Å². The number of amides is 2. The highest BCUT2D eigenvalue weighted by Crippen LogP contribution is 2.44. The number of fused-ring (bicyclic) bond motifs is 3. The van der Waals surface area contributed by atoms with Gasteiger partial charge in [0.15, 0.2) is 5.82 Å². The number of hydrogen-bond acceptors (Lipinski definition) is 4. The largest absolute Gasteiger partial charge is 0.477 e. The summed E-state index contributed by atoms with van der Waals surface area (Å²) in [7, 11) is 0. The van der Waals surface area contributed by atoms with Crippen LogP contribution in [0.15, 0.2) is 60.7 Å². The summed E-state index contributed by atoms with van der Waals surface area (Å²) in [4.78, 5) is 36.2. The summed E-state index contributed by atoms with van der Waals surface area (Å²) in [5, 5.41) is 13.6. The van der Waals surface area contributed by atoms with Crippen LogP contribution < -0.4 is 10.6 Å². The number of benzene rings is 3. The molecule has 1 aliphatic rings. The first-order chi connectivity index (χ1) is 16.8. The molecule has 0 heterocycles. The van der Waals surface area contributed by atoms with Gasteiger partial charge in [0.05, 0.1) is 5.69 Å². The molecule has 9 heteroatoms. The minimum atomic E-state index is -1.81. The molecule has 0 aromatic heterocycles. The van der Waals surface area contributed by atoms with Gasteiger partial charge in [-0.15, -0.1) is 0 Å². The van der Waals surface area contributed by atoms with E-state index in [1.165, 1.54) is 0 Å². The van der Waals surface area contributed by atoms with Gasteiger partial charge in [0.2, 0.25) is 5.91 Å². The van der Waals surface area contributed by atoms with Crippen LogP contribution in [0.5, 0.6) is 0 Å². The van der Waals surface area contributed by atoms with E-state index in [-0.39, 0.29) is 18.9 Å². The summed E-state index contributed by atoms with van der Waals surface area (Å²) >= 11 is 0. The van der Waals surface area contributed by atoms with Gasteiger partial charge in [-0.05, 0) is 40.8 Å². The first-order valence-electron chi connectivity index (χ1n) is 11.0. The lowest BCUT2D eigenvalue weighted by Gasteiger charge is -2.19. The minimum Gasteiger partial charge on any atom is -0.477 e. The molecule has 0 bridgehead atoms. The summed E-state index contributed by atoms with van der Waals surface area (Å²) in [6, 6.07) is 16.3. The summed E-state index contributed by atoms with van der Waals surface area (Å²) in [6.45, 7) is 1.67. The molecular formula is C26H22F2N2O5. The SMILES string of the molecule is CC[C@@H](NC(=O)OCC1c2ccccc2-c2ccccc21)C(=O)Nc1ccc(F)c(C(=O)O)c1F. The molecule has 180 valence electrons. The average Bonchev–Trinajstić information content (AvgIpc) is 3.16. The monoisotopic (exact) mass is 480 g/mol. The molecule has 1 atom stereocenters. The summed E-state index contributed by atoms with van der Waals surface area (Å²) in [5.74, 6) is -5.45. The van der Waals surface area contributed by atoms with Crippen molar-refractivity contribution in [2.45, 2.75) is 25.3 Å². The molecule has 3 N–H and O–H groups in total. The third kappa shape index (κ3) is 4.70. The second kappa shape index (κ2) is 9.92. The minimum absolute atomic E-state index is 0.0481. The van der Waals surface area contributed by atoms with Crippen molar-refractivity contribution in [2.75, 3.05) is 11.9 Å². The molecule has 0 spiro atoms. The van der Waals surface area contributed by atoms with Crippen molar-refractivity contribution in [2.24, 2.45) is 0 Å². The first kappa shape index (κ1) is 23.9. The number of hydrogen-bond donors (Lipinski definition) is 3. The Morgan fingerprint density at radius 2 is 1.57 bits per heavy atom. The van der Waals surface area contributed by atoms with Crippen LogP contribution in [-0.4, -0.2) is 35.7 Å². The van der Waals surface area contributed by atoms with Crippen molar-refractivity contribution in [3.63, 3.8) is 0 Å². The predicted octanol–water partition coefficient (Wildman–Crippen LogP) is 4.92. The Morgan fingerprint density at radius 3 is 2.14 bits per heavy atom. The highest BCUT2D eigenvalue weighted by atomic mass is 19.1. The zero-order chi connectivity index (χ0) is 25.1. The lowest BCUT2D eigenvalue weighted by molar-refractivity contribution is -0.118. The van der Waals surface area contributed by atoms with E-state index in [0.29, 0.717) is 0 Å². The second-order valence-corrected chi connectivity index (χ2v) is 8.01. The Morgan fingerprint density at radius 1 is 0.971 bits per heavy atom. The Balaban J connectivity index is 1.41. The first-order valence-corrected chi connectivity index (χ1v) is 11.0. The quantitative estimate of drug-likeness (QED) is 0.445. The fourth-order valence-corrected chi connectivity index (χ4v) is 4.20. The van der Waals surface area contributed by atoms with Gasteiger partial charge in [-0.3, -0.25) is 4.79 Å². The van der Waals surface area contributed by atoms with E-state index in [4.69, 9.17) is 9.84 Å². The fraction of sp³-hybridized carbons (Fsp3) is 0.192. The van der Waals surface area contributed by atoms with E-state index in [0.717, 1.165) is 34.4 Å². The molecule has 3 aromatic carbocycles. The smallest absolute Gasteiger partial charge is 0.407 e. The lowest BCUT2D eigenvalue weighted by atomic mass is 9.98. The molecule has 0 saturated heterocycles. The van der Waals surface area contributed by atoms with E-state index < -0.39 is 46.9 Å². The number of nitrogens with one attached hydrogen (secondary N) is 2. The molecule has 3 aromatic rings. The third-order valence-corrected chi connectivity index (χ3v) is 5.92. The zero-order valence-corrected chi connectivity index (χ0v) is 18.7. The number of carboxylic acids is 1.